The average molecular weight is 2480 g/mol. The van der Waals surface area contributed by atoms with Gasteiger partial charge in [0.25, 0.3) is 6.17 Å². The van der Waals surface area contributed by atoms with Crippen molar-refractivity contribution in [2.45, 2.75) is 141 Å². The number of methoxy groups -OCH3 is 1. The van der Waals surface area contributed by atoms with Gasteiger partial charge in [-0.25, -0.2) is 4.99 Å². The van der Waals surface area contributed by atoms with E-state index in [-0.39, 0.29) is 118 Å². The first-order valence-corrected chi connectivity index (χ1v) is 45.0. The second kappa shape index (κ2) is 42.8. The molecule has 2 aliphatic rings. The third-order valence-electron chi connectivity index (χ3n) is 25.9. The number of carbonyl (C=O) groups excluding carboxylic acids is 2. The summed E-state index contributed by atoms with van der Waals surface area (Å²) in [6.07, 6.45) is 11.4. The zero-order chi connectivity index (χ0) is 90.8. The van der Waals surface area contributed by atoms with Crippen LogP contribution in [0.5, 0.6) is 5.75 Å². The van der Waals surface area contributed by atoms with Crippen molar-refractivity contribution < 1.29 is 109 Å². The number of fused-ring (bicyclic) bond motifs is 18. The third-order valence-corrected chi connectivity index (χ3v) is 25.9. The minimum Gasteiger partial charge on any atom is -0.533 e. The van der Waals surface area contributed by atoms with E-state index in [1.54, 1.807) is 12.3 Å². The molecule has 0 bridgehead atoms. The van der Waals surface area contributed by atoms with Gasteiger partial charge in [0.1, 0.15) is 19.4 Å². The van der Waals surface area contributed by atoms with E-state index < -0.39 is 10.8 Å². The van der Waals surface area contributed by atoms with Crippen molar-refractivity contribution in [3.05, 3.63) is 382 Å². The number of pyridine rings is 2. The Labute approximate surface area is 841 Å². The minimum absolute atomic E-state index is 0. The van der Waals surface area contributed by atoms with Crippen molar-refractivity contribution >= 4 is 84.2 Å². The molecule has 13 aromatic carbocycles. The number of hydrogen-bond donors (Lipinski definition) is 0. The molecular weight excluding hydrogens is 2370 g/mol. The molecule has 3 unspecified atom stereocenters. The first-order valence-electron chi connectivity index (χ1n) is 45.0. The van der Waals surface area contributed by atoms with Gasteiger partial charge in [0.15, 0.2) is 0 Å². The standard InChI is InChI=1S/C37H43N2O5.C32H27N2.C25H21N2.C23H18N2.4Ir/c1-27(29-13-8-7-9-14-29)20-21-37(5,26-36(3,4)34(40)42-6)35(41)44-25-24-43-31-18-16-30(17-19-31)33-38-22-23-39(33)32-15-11-10-12-28(32)2;1-20(2)23-16-17-25(22(4)18-23)30-19-33-32-28-14-9-13-26(24-11-6-5-10-21(24)3)31(28)27-12-7-8-15-29(27)34(30)32;1-15-9-10-20-19-7-5-6-8-21(19)25-26-14-23(27(25)22(20)13-15)24-17(3)11-16(2)12-18(24)4;1-15-8-7-9-16(2)22(15)21-14-24-23-19-12-4-3-10-17(19)18-11-5-6-13-20(18)25(21)23;;;;/h7-16,18-19,22-23,27H,20-21,24-26H2,1-6H3;5-13,15-20H,1-4H3;5-7,9-14H,1-4H3;3-11,13-14,23H,1-2H3;;;;/q3*-1;;;;;. The molecule has 18 aromatic rings. The number of benzene rings is 13. The Hall–Kier alpha value is -11.8. The Balaban J connectivity index is 0.000000153. The summed E-state index contributed by atoms with van der Waals surface area (Å²) in [4.78, 5) is 45.2. The van der Waals surface area contributed by atoms with Gasteiger partial charge in [0, 0.05) is 145 Å². The Kier molecular flexibility index (Phi) is 31.8. The topological polar surface area (TPSA) is 130 Å². The van der Waals surface area contributed by atoms with Crippen LogP contribution >= 0.6 is 0 Å². The van der Waals surface area contributed by atoms with Gasteiger partial charge in [0.2, 0.25) is 11.4 Å². The van der Waals surface area contributed by atoms with E-state index in [9.17, 15) is 9.59 Å². The monoisotopic (exact) mass is 2480 g/mol. The third kappa shape index (κ3) is 20.0. The van der Waals surface area contributed by atoms with Crippen LogP contribution in [0.4, 0.5) is 5.69 Å². The second-order valence-corrected chi connectivity index (χ2v) is 36.0. The number of aromatic nitrogens is 6. The maximum absolute atomic E-state index is 13.5. The van der Waals surface area contributed by atoms with Gasteiger partial charge >= 0.3 is 11.9 Å². The summed E-state index contributed by atoms with van der Waals surface area (Å²) >= 11 is 0. The quantitative estimate of drug-likeness (QED) is 0.0257. The molecule has 0 fully saturated rings. The van der Waals surface area contributed by atoms with Crippen molar-refractivity contribution in [1.82, 2.24) is 28.3 Å². The molecule has 17 heteroatoms. The van der Waals surface area contributed by atoms with E-state index in [0.717, 1.165) is 68.1 Å². The number of imidazole rings is 3. The summed E-state index contributed by atoms with van der Waals surface area (Å²) in [5.41, 5.74) is 32.9. The number of aryl methyl sites for hydroxylation is 9. The van der Waals surface area contributed by atoms with Crippen molar-refractivity contribution in [3.8, 4) is 67.6 Å². The van der Waals surface area contributed by atoms with E-state index in [4.69, 9.17) is 29.2 Å². The summed E-state index contributed by atoms with van der Waals surface area (Å²) in [6, 6.07) is 105. The molecular formula is C117H109Ir4N8O5-3. The maximum atomic E-state index is 13.5. The second-order valence-electron chi connectivity index (χ2n) is 36.0. The zero-order valence-corrected chi connectivity index (χ0v) is 88.0. The van der Waals surface area contributed by atoms with Crippen molar-refractivity contribution in [2.75, 3.05) is 20.3 Å². The normalized spacial score (nSPS) is 13.0. The summed E-state index contributed by atoms with van der Waals surface area (Å²) in [5.74, 6) is 1.47. The molecule has 0 aliphatic carbocycles. The Morgan fingerprint density at radius 1 is 0.493 bits per heavy atom. The van der Waals surface area contributed by atoms with Gasteiger partial charge in [-0.15, -0.1) is 83.2 Å². The number of para-hydroxylation sites is 3. The van der Waals surface area contributed by atoms with Crippen LogP contribution < -0.4 is 4.74 Å². The summed E-state index contributed by atoms with van der Waals surface area (Å²) in [7, 11) is 1.37. The fraction of sp³-hybridized carbons (Fsp3) is 0.222. The molecule has 686 valence electrons. The molecule has 20 rings (SSSR count). The van der Waals surface area contributed by atoms with Crippen molar-refractivity contribution in [1.29, 1.82) is 0 Å². The van der Waals surface area contributed by atoms with E-state index in [1.165, 1.54) is 146 Å². The van der Waals surface area contributed by atoms with Crippen LogP contribution in [0.1, 0.15) is 151 Å². The number of hydrogen-bond acceptors (Lipinski definition) is 9. The SMILES string of the molecule is COC(=O)C(C)(C)CC(C)(CCC(C)c1ccccc1)C(=O)OCCOc1c[c-]c(-c2nccn2-c2ccccc2C)cc1.Cc1cc(C)c(-c2cnc3c4[c-]cccc4c4ccc(C)cc4n23)c(C)c1.Cc1cccc(C)c1C1=[N+]2c3ccccc3-c3ccc[c-]c3C2N=C1.Cc1ccccc1-c1cc[c-]c2c1c1ccccc1n1c(-c3ccc(C(C)C)cc3C)cnc21.[Ir].[Ir].[Ir].[Ir]. The fourth-order valence-corrected chi connectivity index (χ4v) is 19.5. The number of nitrogens with zero attached hydrogens (tertiary/aromatic N) is 8. The van der Waals surface area contributed by atoms with E-state index in [0.29, 0.717) is 24.5 Å². The first-order chi connectivity index (χ1) is 62.9. The summed E-state index contributed by atoms with van der Waals surface area (Å²) in [5, 5.41) is 7.00. The molecule has 0 spiro atoms. The number of aliphatic imine (C=N–C) groups is 1. The van der Waals surface area contributed by atoms with E-state index in [1.807, 2.05) is 111 Å². The molecule has 0 saturated heterocycles. The average Bonchev–Trinajstić information content (AvgIpc) is 1.57. The Morgan fingerprint density at radius 2 is 1.13 bits per heavy atom. The number of esters is 2. The molecule has 0 N–H and O–H groups in total. The molecule has 3 atom stereocenters. The molecule has 2 aliphatic heterocycles. The number of carbonyl (C=O) groups is 2. The Bertz CT molecular complexity index is 7390. The zero-order valence-electron chi connectivity index (χ0n) is 78.4. The largest absolute Gasteiger partial charge is 0.533 e. The minimum atomic E-state index is -0.880. The molecule has 7 heterocycles. The van der Waals surface area contributed by atoms with Crippen molar-refractivity contribution in [2.24, 2.45) is 15.8 Å². The van der Waals surface area contributed by atoms with Gasteiger partial charge < -0.3 is 27.6 Å². The Morgan fingerprint density at radius 3 is 1.85 bits per heavy atom. The smallest absolute Gasteiger partial charge is 0.311 e. The van der Waals surface area contributed by atoms with Crippen LogP contribution in [-0.2, 0) is 99.5 Å². The fourth-order valence-electron chi connectivity index (χ4n) is 19.5. The van der Waals surface area contributed by atoms with Gasteiger partial charge in [-0.1, -0.05) is 223 Å². The van der Waals surface area contributed by atoms with Crippen LogP contribution in [0.3, 0.4) is 0 Å². The molecule has 134 heavy (non-hydrogen) atoms. The van der Waals surface area contributed by atoms with Crippen LogP contribution in [-0.4, -0.2) is 77.1 Å². The summed E-state index contributed by atoms with van der Waals surface area (Å²) in [6.45, 7) is 31.9. The van der Waals surface area contributed by atoms with Crippen LogP contribution in [0.25, 0.3) is 116 Å². The van der Waals surface area contributed by atoms with Gasteiger partial charge in [0.05, 0.1) is 52.0 Å². The number of ether oxygens (including phenoxy) is 3. The maximum Gasteiger partial charge on any atom is 0.311 e. The van der Waals surface area contributed by atoms with Gasteiger partial charge in [-0.05, 0) is 210 Å². The molecule has 5 aromatic heterocycles. The van der Waals surface area contributed by atoms with E-state index >= 15 is 0 Å². The molecule has 4 radical (unpaired) electrons. The number of rotatable bonds is 19. The summed E-state index contributed by atoms with van der Waals surface area (Å²) < 4.78 is 25.7. The predicted molar refractivity (Wildman–Crippen MR) is 530 cm³/mol. The molecule has 0 amide bonds. The van der Waals surface area contributed by atoms with Crippen LogP contribution in [0, 0.1) is 97.4 Å². The molecule has 0 saturated carbocycles. The van der Waals surface area contributed by atoms with Crippen molar-refractivity contribution in [3.63, 3.8) is 0 Å². The van der Waals surface area contributed by atoms with Crippen LogP contribution in [0.15, 0.2) is 291 Å². The van der Waals surface area contributed by atoms with Crippen LogP contribution in [0.2, 0.25) is 0 Å². The predicted octanol–water partition coefficient (Wildman–Crippen LogP) is 27.6. The van der Waals surface area contributed by atoms with Gasteiger partial charge in [-0.2, -0.15) is 28.8 Å². The van der Waals surface area contributed by atoms with E-state index in [2.05, 4.69) is 320 Å². The van der Waals surface area contributed by atoms with Gasteiger partial charge in [-0.3, -0.25) is 24.5 Å². The molecule has 13 nitrogen and oxygen atoms in total. The first kappa shape index (κ1) is 99.6.